The molecule has 0 spiro atoms. The Morgan fingerprint density at radius 3 is 2.14 bits per heavy atom. The maximum atomic E-state index is 13.3. The highest BCUT2D eigenvalue weighted by Crippen LogP contribution is 2.36. The van der Waals surface area contributed by atoms with Crippen LogP contribution in [0, 0.1) is 0 Å². The fourth-order valence-corrected chi connectivity index (χ4v) is 5.34. The van der Waals surface area contributed by atoms with Gasteiger partial charge in [-0.3, -0.25) is 9.78 Å². The molecule has 1 amide bonds. The van der Waals surface area contributed by atoms with Crippen LogP contribution in [0.2, 0.25) is 0 Å². The number of aromatic nitrogens is 5. The van der Waals surface area contributed by atoms with Crippen molar-refractivity contribution in [1.82, 2.24) is 24.5 Å². The zero-order chi connectivity index (χ0) is 29.1. The molecule has 10 nitrogen and oxygen atoms in total. The normalized spacial score (nSPS) is 19.4. The second-order valence-corrected chi connectivity index (χ2v) is 10.6. The van der Waals surface area contributed by atoms with Gasteiger partial charge in [-0.2, -0.15) is 10.2 Å². The SMILES string of the molecule is O=C(Nc1ccc(OC(F)(F)Cl)cc1)c1cnc(-c2ccnn2C2CCCCO2)c(-c2ccnn2C2CCCCO2)c1. The fraction of sp³-hybridized carbons (Fsp3) is 0.379. The number of benzene rings is 1. The minimum absolute atomic E-state index is 0.141. The Morgan fingerprint density at radius 1 is 0.929 bits per heavy atom. The molecule has 2 saturated heterocycles. The van der Waals surface area contributed by atoms with Crippen molar-refractivity contribution in [3.63, 3.8) is 0 Å². The summed E-state index contributed by atoms with van der Waals surface area (Å²) in [5, 5.41) is 11.9. The van der Waals surface area contributed by atoms with E-state index in [1.807, 2.05) is 21.5 Å². The van der Waals surface area contributed by atoms with Gasteiger partial charge in [0.05, 0.1) is 22.6 Å². The van der Waals surface area contributed by atoms with Gasteiger partial charge in [0.25, 0.3) is 5.91 Å². The number of halogens is 3. The number of pyridine rings is 1. The number of ether oxygens (including phenoxy) is 3. The number of nitrogens with zero attached hydrogens (tertiary/aromatic N) is 5. The Hall–Kier alpha value is -3.87. The van der Waals surface area contributed by atoms with Crippen LogP contribution in [-0.2, 0) is 9.47 Å². The van der Waals surface area contributed by atoms with Gasteiger partial charge < -0.3 is 19.5 Å². The van der Waals surface area contributed by atoms with Crippen LogP contribution in [0.25, 0.3) is 22.6 Å². The highest BCUT2D eigenvalue weighted by molar-refractivity contribution is 6.20. The van der Waals surface area contributed by atoms with Crippen molar-refractivity contribution in [2.75, 3.05) is 18.5 Å². The van der Waals surface area contributed by atoms with E-state index in [0.717, 1.165) is 49.9 Å². The third kappa shape index (κ3) is 6.30. The predicted molar refractivity (Wildman–Crippen MR) is 150 cm³/mol. The molecule has 0 aliphatic carbocycles. The summed E-state index contributed by atoms with van der Waals surface area (Å²) >= 11 is 4.83. The Kier molecular flexibility index (Phi) is 8.18. The summed E-state index contributed by atoms with van der Waals surface area (Å²) in [5.41, 5.74) is -0.350. The summed E-state index contributed by atoms with van der Waals surface area (Å²) in [6.07, 6.45) is 10.2. The van der Waals surface area contributed by atoms with E-state index in [4.69, 9.17) is 26.1 Å². The molecular weight excluding hydrogens is 570 g/mol. The minimum atomic E-state index is -3.83. The van der Waals surface area contributed by atoms with Gasteiger partial charge in [-0.25, -0.2) is 9.36 Å². The zero-order valence-electron chi connectivity index (χ0n) is 22.6. The predicted octanol–water partition coefficient (Wildman–Crippen LogP) is 6.63. The van der Waals surface area contributed by atoms with Crippen LogP contribution in [0.1, 0.15) is 61.3 Å². The number of rotatable bonds is 8. The lowest BCUT2D eigenvalue weighted by atomic mass is 10.0. The summed E-state index contributed by atoms with van der Waals surface area (Å²) in [6, 6.07) is 11.0. The summed E-state index contributed by atoms with van der Waals surface area (Å²) in [4.78, 5) is 18.1. The van der Waals surface area contributed by atoms with Crippen molar-refractivity contribution in [3.05, 3.63) is 66.6 Å². The van der Waals surface area contributed by atoms with E-state index in [2.05, 4.69) is 20.3 Å². The number of hydrogen-bond donors (Lipinski definition) is 1. The average Bonchev–Trinajstić information content (AvgIpc) is 3.69. The van der Waals surface area contributed by atoms with Crippen LogP contribution >= 0.6 is 11.6 Å². The number of nitrogens with one attached hydrogen (secondary N) is 1. The second kappa shape index (κ2) is 12.2. The molecule has 2 fully saturated rings. The van der Waals surface area contributed by atoms with Crippen molar-refractivity contribution in [2.24, 2.45) is 0 Å². The Balaban J connectivity index is 1.35. The number of carbonyl (C=O) groups excluding carboxylic acids is 1. The van der Waals surface area contributed by atoms with Crippen molar-refractivity contribution in [2.45, 2.75) is 56.5 Å². The quantitative estimate of drug-likeness (QED) is 0.227. The highest BCUT2D eigenvalue weighted by Gasteiger charge is 2.28. The molecule has 4 aromatic rings. The van der Waals surface area contributed by atoms with E-state index in [-0.39, 0.29) is 18.2 Å². The number of hydrogen-bond acceptors (Lipinski definition) is 7. The molecular formula is C29H29ClF2N6O4. The van der Waals surface area contributed by atoms with Gasteiger partial charge in [-0.15, -0.1) is 8.78 Å². The first kappa shape index (κ1) is 28.3. The lowest BCUT2D eigenvalue weighted by molar-refractivity contribution is -0.0964. The maximum absolute atomic E-state index is 13.3. The van der Waals surface area contributed by atoms with Gasteiger partial charge in [0.1, 0.15) is 5.75 Å². The molecule has 42 heavy (non-hydrogen) atoms. The van der Waals surface area contributed by atoms with Gasteiger partial charge >= 0.3 is 5.57 Å². The number of alkyl halides is 3. The average molecular weight is 599 g/mol. The van der Waals surface area contributed by atoms with E-state index >= 15 is 0 Å². The molecule has 5 heterocycles. The molecule has 220 valence electrons. The number of anilines is 1. The van der Waals surface area contributed by atoms with Gasteiger partial charge in [0, 0.05) is 54.7 Å². The molecule has 2 unspecified atom stereocenters. The molecule has 6 rings (SSSR count). The van der Waals surface area contributed by atoms with Crippen LogP contribution in [0.3, 0.4) is 0 Å². The number of carbonyl (C=O) groups is 1. The zero-order valence-corrected chi connectivity index (χ0v) is 23.3. The third-order valence-electron chi connectivity index (χ3n) is 7.21. The van der Waals surface area contributed by atoms with Gasteiger partial charge in [0.15, 0.2) is 12.5 Å². The van der Waals surface area contributed by atoms with E-state index in [9.17, 15) is 13.6 Å². The highest BCUT2D eigenvalue weighted by atomic mass is 35.5. The lowest BCUT2D eigenvalue weighted by Crippen LogP contribution is -2.21. The largest absolute Gasteiger partial charge is 0.487 e. The molecule has 2 atom stereocenters. The van der Waals surface area contributed by atoms with Gasteiger partial charge in [0.2, 0.25) is 0 Å². The smallest absolute Gasteiger partial charge is 0.420 e. The maximum Gasteiger partial charge on any atom is 0.487 e. The summed E-state index contributed by atoms with van der Waals surface area (Å²) in [6.45, 7) is 1.31. The van der Waals surface area contributed by atoms with E-state index in [1.165, 1.54) is 30.5 Å². The van der Waals surface area contributed by atoms with Crippen LogP contribution in [-0.4, -0.2) is 49.2 Å². The molecule has 2 aliphatic rings. The van der Waals surface area contributed by atoms with E-state index < -0.39 is 11.5 Å². The van der Waals surface area contributed by atoms with Crippen molar-refractivity contribution < 1.29 is 27.8 Å². The Labute approximate surface area is 245 Å². The van der Waals surface area contributed by atoms with Gasteiger partial charge in [-0.1, -0.05) is 0 Å². The third-order valence-corrected chi connectivity index (χ3v) is 7.29. The summed E-state index contributed by atoms with van der Waals surface area (Å²) in [7, 11) is 0. The van der Waals surface area contributed by atoms with Crippen LogP contribution in [0.15, 0.2) is 61.1 Å². The topological polar surface area (TPSA) is 105 Å². The monoisotopic (exact) mass is 598 g/mol. The second-order valence-electron chi connectivity index (χ2n) is 10.1. The molecule has 13 heteroatoms. The Bertz CT molecular complexity index is 1530. The van der Waals surface area contributed by atoms with E-state index in [1.54, 1.807) is 18.5 Å². The molecule has 0 radical (unpaired) electrons. The molecule has 1 aromatic carbocycles. The van der Waals surface area contributed by atoms with Gasteiger partial charge in [-0.05, 0) is 81.0 Å². The first-order valence-corrected chi connectivity index (χ1v) is 14.2. The van der Waals surface area contributed by atoms with Crippen LogP contribution < -0.4 is 10.1 Å². The Morgan fingerprint density at radius 2 is 1.55 bits per heavy atom. The first-order chi connectivity index (χ1) is 20.4. The molecule has 3 aromatic heterocycles. The molecule has 0 saturated carbocycles. The molecule has 2 aliphatic heterocycles. The fourth-order valence-electron chi connectivity index (χ4n) is 5.25. The van der Waals surface area contributed by atoms with E-state index in [0.29, 0.717) is 35.7 Å². The van der Waals surface area contributed by atoms with Crippen LogP contribution in [0.4, 0.5) is 14.5 Å². The van der Waals surface area contributed by atoms with Crippen LogP contribution in [0.5, 0.6) is 5.75 Å². The minimum Gasteiger partial charge on any atom is -0.420 e. The van der Waals surface area contributed by atoms with Crippen molar-refractivity contribution in [3.8, 4) is 28.4 Å². The standard InChI is InChI=1S/C29H29ClF2N6O4/c30-29(31,32)42-21-9-7-20(8-10-21)36-28(39)19-17-22(23-11-13-34-37(23)25-5-1-3-15-40-25)27(33-18-19)24-12-14-35-38(24)26-6-2-4-16-41-26/h7-14,17-18,25-26H,1-6,15-16H2,(H,36,39). The van der Waals surface area contributed by atoms with Crippen molar-refractivity contribution in [1.29, 1.82) is 0 Å². The lowest BCUT2D eigenvalue weighted by Gasteiger charge is -2.26. The number of amides is 1. The molecule has 1 N–H and O–H groups in total. The first-order valence-electron chi connectivity index (χ1n) is 13.8. The summed E-state index contributed by atoms with van der Waals surface area (Å²) < 4.78 is 46.0. The molecule has 0 bridgehead atoms. The van der Waals surface area contributed by atoms with Crippen molar-refractivity contribution >= 4 is 23.2 Å². The summed E-state index contributed by atoms with van der Waals surface area (Å²) in [5.74, 6) is -0.575.